The summed E-state index contributed by atoms with van der Waals surface area (Å²) in [4.78, 5) is 14.6. The Morgan fingerprint density at radius 2 is 2.04 bits per heavy atom. The molecule has 0 spiro atoms. The number of nitrogens with zero attached hydrogens (tertiary/aromatic N) is 1. The van der Waals surface area contributed by atoms with Gasteiger partial charge in [-0.25, -0.2) is 0 Å². The van der Waals surface area contributed by atoms with Crippen LogP contribution in [0.25, 0.3) is 6.08 Å². The molecule has 1 fully saturated rings. The minimum Gasteiger partial charge on any atom is -0.462 e. The first-order chi connectivity index (χ1) is 11.0. The molecule has 7 heteroatoms. The van der Waals surface area contributed by atoms with Crippen LogP contribution in [0.5, 0.6) is 0 Å². The summed E-state index contributed by atoms with van der Waals surface area (Å²) in [7, 11) is 0. The molecule has 1 amide bonds. The van der Waals surface area contributed by atoms with E-state index in [2.05, 4.69) is 21.2 Å². The van der Waals surface area contributed by atoms with Crippen molar-refractivity contribution in [1.29, 1.82) is 0 Å². The summed E-state index contributed by atoms with van der Waals surface area (Å²) in [6.45, 7) is 2.20. The Morgan fingerprint density at radius 1 is 1.30 bits per heavy atom. The van der Waals surface area contributed by atoms with Crippen molar-refractivity contribution in [3.63, 3.8) is 0 Å². The first kappa shape index (κ1) is 16.3. The summed E-state index contributed by atoms with van der Waals surface area (Å²) in [5.74, 6) is 1.35. The molecule has 1 aromatic carbocycles. The van der Waals surface area contributed by atoms with Gasteiger partial charge in [-0.15, -0.1) is 0 Å². The number of carbonyl (C=O) groups excluding carboxylic acids is 1. The van der Waals surface area contributed by atoms with Crippen LogP contribution >= 0.6 is 39.9 Å². The van der Waals surface area contributed by atoms with Crippen molar-refractivity contribution in [2.75, 3.05) is 12.0 Å². The first-order valence-corrected chi connectivity index (χ1v) is 8.86. The molecule has 1 saturated heterocycles. The van der Waals surface area contributed by atoms with Gasteiger partial charge in [0, 0.05) is 16.2 Å². The number of hydrogen-bond donors (Lipinski definition) is 1. The van der Waals surface area contributed by atoms with Crippen LogP contribution in [-0.2, 0) is 4.79 Å². The lowest BCUT2D eigenvalue weighted by Crippen LogP contribution is -2.33. The maximum atomic E-state index is 12.5. The molecule has 1 aromatic heterocycles. The molecule has 4 nitrogen and oxygen atoms in total. The summed E-state index contributed by atoms with van der Waals surface area (Å²) in [5, 5.41) is 3.20. The molecule has 1 aliphatic heterocycles. The molecular weight excluding hydrogens is 396 g/mol. The van der Waals surface area contributed by atoms with Gasteiger partial charge in [-0.1, -0.05) is 39.9 Å². The molecule has 0 bridgehead atoms. The molecular formula is C16H13BrN2O2S2. The van der Waals surface area contributed by atoms with Crippen molar-refractivity contribution in [2.45, 2.75) is 6.92 Å². The van der Waals surface area contributed by atoms with Crippen molar-refractivity contribution in [3.05, 3.63) is 57.3 Å². The van der Waals surface area contributed by atoms with Crippen molar-refractivity contribution in [2.24, 2.45) is 0 Å². The van der Waals surface area contributed by atoms with Crippen molar-refractivity contribution in [1.82, 2.24) is 4.90 Å². The van der Waals surface area contributed by atoms with E-state index in [4.69, 9.17) is 16.6 Å². The van der Waals surface area contributed by atoms with E-state index in [1.54, 1.807) is 11.0 Å². The number of furan rings is 1. The lowest BCUT2D eigenvalue weighted by atomic mass is 10.3. The van der Waals surface area contributed by atoms with Crippen LogP contribution in [0, 0.1) is 6.92 Å². The molecule has 0 atom stereocenters. The van der Waals surface area contributed by atoms with Gasteiger partial charge in [-0.3, -0.25) is 9.69 Å². The van der Waals surface area contributed by atoms with Crippen LogP contribution in [0.1, 0.15) is 11.5 Å². The second kappa shape index (κ2) is 6.90. The highest BCUT2D eigenvalue weighted by Gasteiger charge is 2.32. The SMILES string of the molecule is Cc1ccc(C=C2SC(=S)N(CNc3ccc(Br)cc3)C2=O)o1. The number of thioether (sulfide) groups is 1. The van der Waals surface area contributed by atoms with E-state index >= 15 is 0 Å². The minimum atomic E-state index is -0.112. The Morgan fingerprint density at radius 3 is 2.70 bits per heavy atom. The third-order valence-corrected chi connectivity index (χ3v) is 5.10. The molecule has 0 aliphatic carbocycles. The molecule has 0 radical (unpaired) electrons. The smallest absolute Gasteiger partial charge is 0.267 e. The molecule has 118 valence electrons. The summed E-state index contributed by atoms with van der Waals surface area (Å²) in [6.07, 6.45) is 1.73. The van der Waals surface area contributed by atoms with Gasteiger partial charge in [0.05, 0.1) is 11.6 Å². The number of amides is 1. The minimum absolute atomic E-state index is 0.112. The highest BCUT2D eigenvalue weighted by atomic mass is 79.9. The number of halogens is 1. The molecule has 2 heterocycles. The first-order valence-electron chi connectivity index (χ1n) is 6.84. The zero-order valence-corrected chi connectivity index (χ0v) is 15.4. The number of aryl methyl sites for hydroxylation is 1. The van der Waals surface area contributed by atoms with Gasteiger partial charge in [0.1, 0.15) is 15.8 Å². The van der Waals surface area contributed by atoms with Crippen LogP contribution in [0.2, 0.25) is 0 Å². The summed E-state index contributed by atoms with van der Waals surface area (Å²) < 4.78 is 7.02. The van der Waals surface area contributed by atoms with Crippen LogP contribution in [0.3, 0.4) is 0 Å². The average Bonchev–Trinajstić information content (AvgIpc) is 3.04. The lowest BCUT2D eigenvalue weighted by molar-refractivity contribution is -0.121. The fourth-order valence-corrected chi connectivity index (χ4v) is 3.53. The summed E-state index contributed by atoms with van der Waals surface area (Å²) in [6, 6.07) is 11.4. The van der Waals surface area contributed by atoms with E-state index in [0.29, 0.717) is 21.7 Å². The number of nitrogens with one attached hydrogen (secondary N) is 1. The third kappa shape index (κ3) is 3.85. The number of hydrogen-bond acceptors (Lipinski definition) is 5. The third-order valence-electron chi connectivity index (χ3n) is 3.19. The van der Waals surface area contributed by atoms with E-state index in [0.717, 1.165) is 15.9 Å². The quantitative estimate of drug-likeness (QED) is 0.590. The molecule has 0 saturated carbocycles. The Kier molecular flexibility index (Phi) is 4.89. The maximum absolute atomic E-state index is 12.5. The van der Waals surface area contributed by atoms with Gasteiger partial charge < -0.3 is 9.73 Å². The van der Waals surface area contributed by atoms with Crippen LogP contribution in [0.15, 0.2) is 50.2 Å². The highest BCUT2D eigenvalue weighted by molar-refractivity contribution is 9.10. The van der Waals surface area contributed by atoms with Crippen molar-refractivity contribution in [3.8, 4) is 0 Å². The predicted octanol–water partition coefficient (Wildman–Crippen LogP) is 4.62. The molecule has 23 heavy (non-hydrogen) atoms. The van der Waals surface area contributed by atoms with Gasteiger partial charge in [0.15, 0.2) is 0 Å². The molecule has 3 rings (SSSR count). The largest absolute Gasteiger partial charge is 0.462 e. The average molecular weight is 409 g/mol. The molecule has 0 unspecified atom stereocenters. The van der Waals surface area contributed by atoms with Crippen molar-refractivity contribution >= 4 is 61.9 Å². The Hall–Kier alpha value is -1.57. The lowest BCUT2D eigenvalue weighted by Gasteiger charge is -2.16. The molecule has 2 aromatic rings. The van der Waals surface area contributed by atoms with Gasteiger partial charge in [-0.05, 0) is 43.3 Å². The number of carbonyl (C=O) groups is 1. The fourth-order valence-electron chi connectivity index (χ4n) is 2.03. The number of thiocarbonyl (C=S) groups is 1. The molecule has 1 N–H and O–H groups in total. The van der Waals surface area contributed by atoms with Crippen LogP contribution in [0.4, 0.5) is 5.69 Å². The van der Waals surface area contributed by atoms with E-state index in [1.165, 1.54) is 11.8 Å². The highest BCUT2D eigenvalue weighted by Crippen LogP contribution is 2.32. The zero-order valence-electron chi connectivity index (χ0n) is 12.2. The molecule has 1 aliphatic rings. The van der Waals surface area contributed by atoms with Gasteiger partial charge in [0.2, 0.25) is 0 Å². The van der Waals surface area contributed by atoms with Crippen molar-refractivity contribution < 1.29 is 9.21 Å². The zero-order chi connectivity index (χ0) is 16.4. The fraction of sp³-hybridized carbons (Fsp3) is 0.125. The second-order valence-electron chi connectivity index (χ2n) is 4.90. The van der Waals surface area contributed by atoms with Gasteiger partial charge >= 0.3 is 0 Å². The summed E-state index contributed by atoms with van der Waals surface area (Å²) >= 11 is 9.98. The summed E-state index contributed by atoms with van der Waals surface area (Å²) in [5.41, 5.74) is 0.924. The predicted molar refractivity (Wildman–Crippen MR) is 101 cm³/mol. The van der Waals surface area contributed by atoms with E-state index in [1.807, 2.05) is 43.3 Å². The van der Waals surface area contributed by atoms with E-state index in [9.17, 15) is 4.79 Å². The monoisotopic (exact) mass is 408 g/mol. The van der Waals surface area contributed by atoms with Crippen LogP contribution in [-0.4, -0.2) is 21.8 Å². The van der Waals surface area contributed by atoms with E-state index in [-0.39, 0.29) is 5.91 Å². The Labute approximate surface area is 152 Å². The Balaban J connectivity index is 1.69. The van der Waals surface area contributed by atoms with Crippen LogP contribution < -0.4 is 5.32 Å². The Bertz CT molecular complexity index is 784. The second-order valence-corrected chi connectivity index (χ2v) is 7.49. The number of anilines is 1. The number of benzene rings is 1. The standard InChI is InChI=1S/C16H13BrN2O2S2/c1-10-2-7-13(21-10)8-14-15(20)19(16(22)23-14)9-18-12-5-3-11(17)4-6-12/h2-8,18H,9H2,1H3. The maximum Gasteiger partial charge on any atom is 0.267 e. The van der Waals surface area contributed by atoms with E-state index < -0.39 is 0 Å². The van der Waals surface area contributed by atoms with Gasteiger partial charge in [0.25, 0.3) is 5.91 Å². The topological polar surface area (TPSA) is 45.5 Å². The number of rotatable bonds is 4. The van der Waals surface area contributed by atoms with Gasteiger partial charge in [-0.2, -0.15) is 0 Å². The normalized spacial score (nSPS) is 16.4.